The summed E-state index contributed by atoms with van der Waals surface area (Å²) in [4.78, 5) is 24.8. The summed E-state index contributed by atoms with van der Waals surface area (Å²) in [6.07, 6.45) is -1.71. The van der Waals surface area contributed by atoms with Crippen LogP contribution in [0.25, 0.3) is 5.69 Å². The molecule has 150 valence electrons. The fraction of sp³-hybridized carbons (Fsp3) is 0.421. The van der Waals surface area contributed by atoms with Crippen LogP contribution in [0, 0.1) is 6.92 Å². The van der Waals surface area contributed by atoms with E-state index in [0.29, 0.717) is 12.8 Å². The van der Waals surface area contributed by atoms with Gasteiger partial charge in [0.25, 0.3) is 5.91 Å². The third-order valence-electron chi connectivity index (χ3n) is 4.87. The third-order valence-corrected chi connectivity index (χ3v) is 4.87. The van der Waals surface area contributed by atoms with Crippen LogP contribution in [0.5, 0.6) is 0 Å². The maximum absolute atomic E-state index is 13.4. The molecule has 3 N–H and O–H groups in total. The van der Waals surface area contributed by atoms with Gasteiger partial charge in [0.2, 0.25) is 5.43 Å². The van der Waals surface area contributed by atoms with Gasteiger partial charge in [-0.3, -0.25) is 9.59 Å². The van der Waals surface area contributed by atoms with Gasteiger partial charge in [-0.25, -0.2) is 4.68 Å². The summed E-state index contributed by atoms with van der Waals surface area (Å²) >= 11 is 0. The minimum absolute atomic E-state index is 0.0988. The second-order valence-electron chi connectivity index (χ2n) is 7.01. The summed E-state index contributed by atoms with van der Waals surface area (Å²) in [5.74, 6) is -0.691. The van der Waals surface area contributed by atoms with Gasteiger partial charge in [-0.2, -0.15) is 18.3 Å². The first-order chi connectivity index (χ1) is 13.2. The van der Waals surface area contributed by atoms with Gasteiger partial charge in [0.1, 0.15) is 0 Å². The Bertz CT molecular complexity index is 932. The molecule has 0 spiro atoms. The summed E-state index contributed by atoms with van der Waals surface area (Å²) in [5, 5.41) is 6.71. The lowest BCUT2D eigenvalue weighted by atomic mass is 9.92. The molecule has 28 heavy (non-hydrogen) atoms. The van der Waals surface area contributed by atoms with Crippen molar-refractivity contribution in [2.75, 3.05) is 0 Å². The lowest BCUT2D eigenvalue weighted by Gasteiger charge is -2.26. The number of rotatable bonds is 3. The van der Waals surface area contributed by atoms with Crippen molar-refractivity contribution < 1.29 is 18.0 Å². The Labute approximate surface area is 159 Å². The van der Waals surface area contributed by atoms with E-state index in [1.54, 1.807) is 0 Å². The van der Waals surface area contributed by atoms with Crippen molar-refractivity contribution in [2.45, 2.75) is 50.9 Å². The van der Waals surface area contributed by atoms with E-state index >= 15 is 0 Å². The molecule has 1 aliphatic rings. The molecule has 9 heteroatoms. The predicted molar refractivity (Wildman–Crippen MR) is 97.3 cm³/mol. The number of nitrogens with two attached hydrogens (primary N) is 1. The number of aryl methyl sites for hydroxylation is 1. The van der Waals surface area contributed by atoms with Crippen LogP contribution in [0.15, 0.2) is 35.1 Å². The summed E-state index contributed by atoms with van der Waals surface area (Å²) in [7, 11) is 0. The summed E-state index contributed by atoms with van der Waals surface area (Å²) in [6, 6.07) is 5.97. The molecule has 1 aromatic heterocycles. The highest BCUT2D eigenvalue weighted by molar-refractivity contribution is 5.92. The zero-order valence-corrected chi connectivity index (χ0v) is 15.3. The van der Waals surface area contributed by atoms with Crippen LogP contribution in [-0.2, 0) is 6.18 Å². The first kappa shape index (κ1) is 20.1. The molecule has 1 aliphatic carbocycles. The Kier molecular flexibility index (Phi) is 5.55. The molecular formula is C19H21F3N4O2. The normalized spacial score (nSPS) is 20.0. The zero-order valence-electron chi connectivity index (χ0n) is 15.3. The van der Waals surface area contributed by atoms with Gasteiger partial charge in [0.15, 0.2) is 5.69 Å². The van der Waals surface area contributed by atoms with E-state index in [-0.39, 0.29) is 23.5 Å². The van der Waals surface area contributed by atoms with Gasteiger partial charge in [-0.15, -0.1) is 0 Å². The molecule has 3 rings (SSSR count). The second-order valence-corrected chi connectivity index (χ2v) is 7.01. The molecule has 1 fully saturated rings. The number of amides is 1. The first-order valence-corrected chi connectivity index (χ1v) is 9.01. The number of nitrogens with one attached hydrogen (secondary N) is 1. The standard InChI is InChI=1S/C19H21F3N4O2/c1-11-10-16(27)17(18(28)24-13-8-6-12(23)7-9-13)25-26(11)15-5-3-2-4-14(15)19(20,21)22/h2-5,10,12-13H,6-9,23H2,1H3,(H,24,28). The summed E-state index contributed by atoms with van der Waals surface area (Å²) in [6.45, 7) is 1.46. The molecule has 6 nitrogen and oxygen atoms in total. The zero-order chi connectivity index (χ0) is 20.5. The van der Waals surface area contributed by atoms with Crippen LogP contribution in [0.2, 0.25) is 0 Å². The van der Waals surface area contributed by atoms with Gasteiger partial charge in [0.05, 0.1) is 11.3 Å². The van der Waals surface area contributed by atoms with E-state index in [4.69, 9.17) is 5.73 Å². The molecular weight excluding hydrogens is 373 g/mol. The van der Waals surface area contributed by atoms with Crippen molar-refractivity contribution in [1.82, 2.24) is 15.1 Å². The number of carbonyl (C=O) groups is 1. The molecule has 0 atom stereocenters. The number of carbonyl (C=O) groups excluding carboxylic acids is 1. The van der Waals surface area contributed by atoms with E-state index in [2.05, 4.69) is 10.4 Å². The van der Waals surface area contributed by atoms with Crippen molar-refractivity contribution >= 4 is 5.91 Å². The number of hydrogen-bond donors (Lipinski definition) is 2. The number of para-hydroxylation sites is 1. The van der Waals surface area contributed by atoms with E-state index in [0.717, 1.165) is 29.7 Å². The fourth-order valence-corrected chi connectivity index (χ4v) is 3.36. The van der Waals surface area contributed by atoms with Crippen LogP contribution < -0.4 is 16.5 Å². The van der Waals surface area contributed by atoms with Gasteiger partial charge < -0.3 is 11.1 Å². The molecule has 0 radical (unpaired) electrons. The van der Waals surface area contributed by atoms with E-state index in [1.807, 2.05) is 0 Å². The van der Waals surface area contributed by atoms with Crippen molar-refractivity contribution in [3.05, 3.63) is 57.5 Å². The largest absolute Gasteiger partial charge is 0.418 e. The Morgan fingerprint density at radius 3 is 2.50 bits per heavy atom. The molecule has 2 aromatic rings. The van der Waals surface area contributed by atoms with Crippen LogP contribution in [0.1, 0.15) is 47.4 Å². The summed E-state index contributed by atoms with van der Waals surface area (Å²) < 4.78 is 41.0. The predicted octanol–water partition coefficient (Wildman–Crippen LogP) is 2.56. The second kappa shape index (κ2) is 7.75. The van der Waals surface area contributed by atoms with E-state index < -0.39 is 28.8 Å². The van der Waals surface area contributed by atoms with Gasteiger partial charge in [-0.05, 0) is 44.7 Å². The average molecular weight is 394 g/mol. The Morgan fingerprint density at radius 2 is 1.86 bits per heavy atom. The van der Waals surface area contributed by atoms with Crippen molar-refractivity contribution in [1.29, 1.82) is 0 Å². The molecule has 0 unspecified atom stereocenters. The highest BCUT2D eigenvalue weighted by atomic mass is 19.4. The Balaban J connectivity index is 1.96. The molecule has 0 aliphatic heterocycles. The maximum atomic E-state index is 13.4. The first-order valence-electron chi connectivity index (χ1n) is 9.01. The highest BCUT2D eigenvalue weighted by Gasteiger charge is 2.34. The molecule has 1 aromatic carbocycles. The topological polar surface area (TPSA) is 90.0 Å². The van der Waals surface area contributed by atoms with Crippen molar-refractivity contribution in [2.24, 2.45) is 5.73 Å². The molecule has 0 saturated heterocycles. The maximum Gasteiger partial charge on any atom is 0.418 e. The third kappa shape index (κ3) is 4.24. The lowest BCUT2D eigenvalue weighted by molar-refractivity contribution is -0.137. The number of aromatic nitrogens is 2. The summed E-state index contributed by atoms with van der Waals surface area (Å²) in [5.41, 5.74) is 3.82. The van der Waals surface area contributed by atoms with Gasteiger partial charge in [0, 0.05) is 23.8 Å². The van der Waals surface area contributed by atoms with E-state index in [9.17, 15) is 22.8 Å². The Morgan fingerprint density at radius 1 is 1.21 bits per heavy atom. The quantitative estimate of drug-likeness (QED) is 0.837. The Hall–Kier alpha value is -2.68. The SMILES string of the molecule is Cc1cc(=O)c(C(=O)NC2CCC(N)CC2)nn1-c1ccccc1C(F)(F)F. The van der Waals surface area contributed by atoms with Crippen LogP contribution in [-0.4, -0.2) is 27.8 Å². The van der Waals surface area contributed by atoms with Crippen LogP contribution >= 0.6 is 0 Å². The van der Waals surface area contributed by atoms with Crippen molar-refractivity contribution in [3.63, 3.8) is 0 Å². The molecule has 0 bridgehead atoms. The minimum atomic E-state index is -4.60. The van der Waals surface area contributed by atoms with E-state index in [1.165, 1.54) is 25.1 Å². The van der Waals surface area contributed by atoms with Crippen LogP contribution in [0.4, 0.5) is 13.2 Å². The van der Waals surface area contributed by atoms with Gasteiger partial charge >= 0.3 is 6.18 Å². The minimum Gasteiger partial charge on any atom is -0.348 e. The molecule has 1 amide bonds. The number of nitrogens with zero attached hydrogens (tertiary/aromatic N) is 2. The molecule has 1 saturated carbocycles. The number of halogens is 3. The smallest absolute Gasteiger partial charge is 0.348 e. The van der Waals surface area contributed by atoms with Gasteiger partial charge in [-0.1, -0.05) is 12.1 Å². The number of hydrogen-bond acceptors (Lipinski definition) is 4. The lowest BCUT2D eigenvalue weighted by Crippen LogP contribution is -2.42. The number of benzene rings is 1. The highest BCUT2D eigenvalue weighted by Crippen LogP contribution is 2.33. The average Bonchev–Trinajstić information content (AvgIpc) is 2.63. The number of alkyl halides is 3. The molecule has 1 heterocycles. The van der Waals surface area contributed by atoms with Crippen LogP contribution in [0.3, 0.4) is 0 Å². The monoisotopic (exact) mass is 394 g/mol. The fourth-order valence-electron chi connectivity index (χ4n) is 3.36. The van der Waals surface area contributed by atoms with Crippen molar-refractivity contribution in [3.8, 4) is 5.69 Å².